The molecule has 2 saturated heterocycles. The van der Waals surface area contributed by atoms with Crippen molar-refractivity contribution in [3.05, 3.63) is 0 Å². The van der Waals surface area contributed by atoms with Gasteiger partial charge in [-0.15, -0.1) is 0 Å². The molecule has 3 unspecified atom stereocenters. The Labute approximate surface area is 109 Å². The summed E-state index contributed by atoms with van der Waals surface area (Å²) in [5.41, 5.74) is 0. The van der Waals surface area contributed by atoms with Crippen LogP contribution in [0.15, 0.2) is 0 Å². The van der Waals surface area contributed by atoms with Crippen LogP contribution in [0.2, 0.25) is 0 Å². The van der Waals surface area contributed by atoms with Crippen LogP contribution in [0.5, 0.6) is 0 Å². The number of rotatable bonds is 4. The van der Waals surface area contributed by atoms with E-state index in [1.54, 1.807) is 0 Å². The Hall–Kier alpha value is -0.650. The van der Waals surface area contributed by atoms with Crippen molar-refractivity contribution < 1.29 is 9.53 Å². The minimum Gasteiger partial charge on any atom is -0.379 e. The van der Waals surface area contributed by atoms with Crippen LogP contribution in [-0.4, -0.2) is 74.7 Å². The van der Waals surface area contributed by atoms with Crippen LogP contribution in [0.3, 0.4) is 0 Å². The van der Waals surface area contributed by atoms with Gasteiger partial charge in [-0.1, -0.05) is 6.92 Å². The fourth-order valence-corrected chi connectivity index (χ4v) is 2.86. The highest BCUT2D eigenvalue weighted by Gasteiger charge is 2.38. The third kappa shape index (κ3) is 2.84. The summed E-state index contributed by atoms with van der Waals surface area (Å²) in [5.74, 6) is 0.272. The lowest BCUT2D eigenvalue weighted by atomic mass is 10.0. The van der Waals surface area contributed by atoms with Gasteiger partial charge >= 0.3 is 0 Å². The van der Waals surface area contributed by atoms with Gasteiger partial charge in [-0.05, 0) is 27.1 Å². The van der Waals surface area contributed by atoms with E-state index in [0.29, 0.717) is 19.3 Å². The van der Waals surface area contributed by atoms with E-state index >= 15 is 0 Å². The Kier molecular flexibility index (Phi) is 4.59. The molecular weight excluding hydrogens is 230 g/mol. The first kappa shape index (κ1) is 13.8. The third-order valence-corrected chi connectivity index (χ3v) is 4.07. The van der Waals surface area contributed by atoms with Crippen molar-refractivity contribution in [1.82, 2.24) is 15.1 Å². The second-order valence-electron chi connectivity index (χ2n) is 5.50. The van der Waals surface area contributed by atoms with E-state index in [0.717, 1.165) is 26.1 Å². The first-order valence-electron chi connectivity index (χ1n) is 6.89. The summed E-state index contributed by atoms with van der Waals surface area (Å²) in [4.78, 5) is 16.7. The lowest BCUT2D eigenvalue weighted by Crippen LogP contribution is -2.45. The van der Waals surface area contributed by atoms with Gasteiger partial charge in [0.25, 0.3) is 0 Å². The molecule has 3 atom stereocenters. The average Bonchev–Trinajstić information content (AvgIpc) is 2.97. The molecule has 0 aromatic carbocycles. The van der Waals surface area contributed by atoms with Gasteiger partial charge in [0.1, 0.15) is 0 Å². The zero-order chi connectivity index (χ0) is 13.1. The largest absolute Gasteiger partial charge is 0.379 e. The third-order valence-electron chi connectivity index (χ3n) is 4.07. The fraction of sp³-hybridized carbons (Fsp3) is 0.923. The zero-order valence-corrected chi connectivity index (χ0v) is 11.7. The second kappa shape index (κ2) is 5.99. The normalized spacial score (nSPS) is 32.4. The minimum atomic E-state index is 0.00543. The number of nitrogens with one attached hydrogen (secondary N) is 1. The van der Waals surface area contributed by atoms with Crippen molar-refractivity contribution in [3.63, 3.8) is 0 Å². The summed E-state index contributed by atoms with van der Waals surface area (Å²) in [6.07, 6.45) is 1.08. The van der Waals surface area contributed by atoms with Crippen LogP contribution in [-0.2, 0) is 9.53 Å². The summed E-state index contributed by atoms with van der Waals surface area (Å²) < 4.78 is 5.46. The number of ether oxygens (including phenoxy) is 1. The van der Waals surface area contributed by atoms with Crippen LogP contribution in [0, 0.1) is 5.92 Å². The molecule has 0 bridgehead atoms. The molecule has 0 aromatic heterocycles. The molecule has 18 heavy (non-hydrogen) atoms. The number of likely N-dealkylation sites (tertiary alicyclic amines) is 1. The van der Waals surface area contributed by atoms with Crippen LogP contribution >= 0.6 is 0 Å². The van der Waals surface area contributed by atoms with Crippen molar-refractivity contribution in [2.75, 3.05) is 46.9 Å². The van der Waals surface area contributed by atoms with Gasteiger partial charge < -0.3 is 19.9 Å². The molecule has 1 amide bonds. The van der Waals surface area contributed by atoms with E-state index in [4.69, 9.17) is 4.74 Å². The van der Waals surface area contributed by atoms with Gasteiger partial charge in [-0.3, -0.25) is 4.79 Å². The number of carbonyl (C=O) groups excluding carboxylic acids is 1. The SMILES string of the molecule is CCNC1COCC1C(=O)N1CCC(N(C)C)C1. The number of carbonyl (C=O) groups is 1. The van der Waals surface area contributed by atoms with E-state index in [1.807, 2.05) is 4.90 Å². The zero-order valence-electron chi connectivity index (χ0n) is 11.7. The first-order chi connectivity index (χ1) is 8.63. The van der Waals surface area contributed by atoms with Crippen LogP contribution in [0.25, 0.3) is 0 Å². The second-order valence-corrected chi connectivity index (χ2v) is 5.50. The number of amides is 1. The van der Waals surface area contributed by atoms with Gasteiger partial charge in [0.2, 0.25) is 5.91 Å². The Balaban J connectivity index is 1.91. The van der Waals surface area contributed by atoms with Gasteiger partial charge in [0.05, 0.1) is 19.1 Å². The molecule has 0 saturated carbocycles. The Morgan fingerprint density at radius 2 is 2.22 bits per heavy atom. The van der Waals surface area contributed by atoms with Crippen LogP contribution in [0.4, 0.5) is 0 Å². The summed E-state index contributed by atoms with van der Waals surface area (Å²) in [6.45, 7) is 5.93. The molecule has 2 rings (SSSR count). The Morgan fingerprint density at radius 1 is 1.44 bits per heavy atom. The van der Waals surface area contributed by atoms with Gasteiger partial charge in [0.15, 0.2) is 0 Å². The van der Waals surface area contributed by atoms with Crippen molar-refractivity contribution in [2.24, 2.45) is 5.92 Å². The predicted octanol–water partition coefficient (Wildman–Crippen LogP) is -0.227. The quantitative estimate of drug-likeness (QED) is 0.754. The minimum absolute atomic E-state index is 0.00543. The molecule has 0 radical (unpaired) electrons. The first-order valence-corrected chi connectivity index (χ1v) is 6.89. The van der Waals surface area contributed by atoms with Crippen molar-refractivity contribution in [2.45, 2.75) is 25.4 Å². The van der Waals surface area contributed by atoms with Gasteiger partial charge in [0, 0.05) is 25.2 Å². The summed E-state index contributed by atoms with van der Waals surface area (Å²) in [6, 6.07) is 0.703. The molecule has 0 spiro atoms. The topological polar surface area (TPSA) is 44.8 Å². The summed E-state index contributed by atoms with van der Waals surface area (Å²) in [7, 11) is 4.16. The maximum Gasteiger partial charge on any atom is 0.229 e. The lowest BCUT2D eigenvalue weighted by Gasteiger charge is -2.25. The molecule has 2 aliphatic rings. The molecular formula is C13H25N3O2. The maximum absolute atomic E-state index is 12.5. The molecule has 5 nitrogen and oxygen atoms in total. The van der Waals surface area contributed by atoms with E-state index in [1.165, 1.54) is 0 Å². The standard InChI is InChI=1S/C13H25N3O2/c1-4-14-12-9-18-8-11(12)13(17)16-6-5-10(7-16)15(2)3/h10-12,14H,4-9H2,1-3H3. The highest BCUT2D eigenvalue weighted by Crippen LogP contribution is 2.21. The lowest BCUT2D eigenvalue weighted by molar-refractivity contribution is -0.135. The molecule has 2 fully saturated rings. The highest BCUT2D eigenvalue weighted by molar-refractivity contribution is 5.80. The molecule has 104 valence electrons. The van der Waals surface area contributed by atoms with Crippen molar-refractivity contribution >= 4 is 5.91 Å². The molecule has 2 aliphatic heterocycles. The fourth-order valence-electron chi connectivity index (χ4n) is 2.86. The average molecular weight is 255 g/mol. The summed E-state index contributed by atoms with van der Waals surface area (Å²) in [5, 5.41) is 3.35. The predicted molar refractivity (Wildman–Crippen MR) is 70.4 cm³/mol. The molecule has 5 heteroatoms. The highest BCUT2D eigenvalue weighted by atomic mass is 16.5. The smallest absolute Gasteiger partial charge is 0.229 e. The molecule has 1 N–H and O–H groups in total. The maximum atomic E-state index is 12.5. The van der Waals surface area contributed by atoms with Crippen molar-refractivity contribution in [1.29, 1.82) is 0 Å². The molecule has 2 heterocycles. The number of hydrogen-bond donors (Lipinski definition) is 1. The van der Waals surface area contributed by atoms with Crippen LogP contribution in [0.1, 0.15) is 13.3 Å². The van der Waals surface area contributed by atoms with E-state index < -0.39 is 0 Å². The van der Waals surface area contributed by atoms with E-state index in [-0.39, 0.29) is 17.9 Å². The van der Waals surface area contributed by atoms with E-state index in [2.05, 4.69) is 31.2 Å². The van der Waals surface area contributed by atoms with E-state index in [9.17, 15) is 4.79 Å². The number of hydrogen-bond acceptors (Lipinski definition) is 4. The summed E-state index contributed by atoms with van der Waals surface area (Å²) >= 11 is 0. The monoisotopic (exact) mass is 255 g/mol. The Bertz CT molecular complexity index is 296. The number of likely N-dealkylation sites (N-methyl/N-ethyl adjacent to an activating group) is 2. The van der Waals surface area contributed by atoms with Gasteiger partial charge in [-0.2, -0.15) is 0 Å². The van der Waals surface area contributed by atoms with Crippen LogP contribution < -0.4 is 5.32 Å². The Morgan fingerprint density at radius 3 is 2.83 bits per heavy atom. The van der Waals surface area contributed by atoms with Gasteiger partial charge in [-0.25, -0.2) is 0 Å². The van der Waals surface area contributed by atoms with Crippen molar-refractivity contribution in [3.8, 4) is 0 Å². The molecule has 0 aromatic rings. The number of nitrogens with zero attached hydrogens (tertiary/aromatic N) is 2. The molecule has 0 aliphatic carbocycles.